The first-order valence-electron chi connectivity index (χ1n) is 9.91. The summed E-state index contributed by atoms with van der Waals surface area (Å²) in [4.78, 5) is 22.9. The van der Waals surface area contributed by atoms with Crippen molar-refractivity contribution >= 4 is 28.6 Å². The van der Waals surface area contributed by atoms with Crippen LogP contribution in [0.1, 0.15) is 16.1 Å². The lowest BCUT2D eigenvalue weighted by Crippen LogP contribution is -2.49. The number of carbonyl (C=O) groups is 1. The van der Waals surface area contributed by atoms with Gasteiger partial charge in [-0.3, -0.25) is 14.6 Å². The van der Waals surface area contributed by atoms with Crippen LogP contribution in [0.3, 0.4) is 0 Å². The number of thiophene rings is 1. The minimum atomic E-state index is 0.0968. The van der Waals surface area contributed by atoms with E-state index in [0.717, 1.165) is 49.0 Å². The fraction of sp³-hybridized carbons (Fsp3) is 0.364. The molecule has 29 heavy (non-hydrogen) atoms. The molecule has 0 unspecified atom stereocenters. The van der Waals surface area contributed by atoms with E-state index in [-0.39, 0.29) is 5.91 Å². The van der Waals surface area contributed by atoms with Crippen LogP contribution in [0.5, 0.6) is 0 Å². The molecule has 1 aromatic carbocycles. The smallest absolute Gasteiger partial charge is 0.234 e. The predicted molar refractivity (Wildman–Crippen MR) is 120 cm³/mol. The molecule has 1 amide bonds. The highest BCUT2D eigenvalue weighted by atomic mass is 32.1. The molecule has 5 nitrogen and oxygen atoms in total. The van der Waals surface area contributed by atoms with Gasteiger partial charge in [0.15, 0.2) is 0 Å². The van der Waals surface area contributed by atoms with Crippen molar-refractivity contribution in [1.29, 1.82) is 0 Å². The first kappa shape index (κ1) is 20.2. The number of carbonyl (C=O) groups excluding carboxylic acids is 1. The van der Waals surface area contributed by atoms with Gasteiger partial charge >= 0.3 is 0 Å². The molecule has 3 aromatic rings. The Labute approximate surface area is 180 Å². The van der Waals surface area contributed by atoms with Crippen LogP contribution in [0.15, 0.2) is 47.2 Å². The van der Waals surface area contributed by atoms with Crippen LogP contribution in [0.25, 0.3) is 10.6 Å². The quantitative estimate of drug-likeness (QED) is 0.627. The fourth-order valence-electron chi connectivity index (χ4n) is 3.38. The molecule has 0 spiro atoms. The molecule has 0 radical (unpaired) electrons. The monoisotopic (exact) mass is 426 g/mol. The Morgan fingerprint density at radius 1 is 1.07 bits per heavy atom. The normalized spacial score (nSPS) is 15.5. The van der Waals surface area contributed by atoms with Crippen molar-refractivity contribution in [1.82, 2.24) is 20.1 Å². The van der Waals surface area contributed by atoms with Gasteiger partial charge < -0.3 is 5.32 Å². The lowest BCUT2D eigenvalue weighted by atomic mass is 10.1. The van der Waals surface area contributed by atoms with Crippen molar-refractivity contribution < 1.29 is 4.79 Å². The van der Waals surface area contributed by atoms with E-state index in [0.29, 0.717) is 13.1 Å². The number of piperazine rings is 1. The molecule has 0 bridgehead atoms. The average molecular weight is 427 g/mol. The highest BCUT2D eigenvalue weighted by Gasteiger charge is 2.20. The summed E-state index contributed by atoms with van der Waals surface area (Å²) in [6.45, 7) is 7.80. The van der Waals surface area contributed by atoms with Crippen molar-refractivity contribution in [3.8, 4) is 10.6 Å². The summed E-state index contributed by atoms with van der Waals surface area (Å²) in [5, 5.41) is 8.43. The number of hydrogen-bond donors (Lipinski definition) is 1. The Hall–Kier alpha value is -2.06. The molecule has 2 aromatic heterocycles. The Morgan fingerprint density at radius 2 is 1.83 bits per heavy atom. The van der Waals surface area contributed by atoms with E-state index in [1.165, 1.54) is 10.4 Å². The summed E-state index contributed by atoms with van der Waals surface area (Å²) in [6, 6.07) is 12.5. The number of aromatic nitrogens is 1. The zero-order chi connectivity index (χ0) is 20.1. The maximum absolute atomic E-state index is 12.3. The molecule has 0 atom stereocenters. The molecule has 7 heteroatoms. The summed E-state index contributed by atoms with van der Waals surface area (Å²) in [7, 11) is 0. The minimum absolute atomic E-state index is 0.0968. The van der Waals surface area contributed by atoms with Crippen molar-refractivity contribution in [2.75, 3.05) is 32.7 Å². The van der Waals surface area contributed by atoms with Crippen molar-refractivity contribution in [2.24, 2.45) is 0 Å². The highest BCUT2D eigenvalue weighted by molar-refractivity contribution is 7.14. The fourth-order valence-corrected chi connectivity index (χ4v) is 4.98. The lowest BCUT2D eigenvalue weighted by Gasteiger charge is -2.33. The third-order valence-corrected chi connectivity index (χ3v) is 6.85. The maximum atomic E-state index is 12.3. The molecule has 0 aliphatic carbocycles. The zero-order valence-corrected chi connectivity index (χ0v) is 18.3. The first-order valence-corrected chi connectivity index (χ1v) is 11.7. The summed E-state index contributed by atoms with van der Waals surface area (Å²) in [5.41, 5.74) is 3.46. The summed E-state index contributed by atoms with van der Waals surface area (Å²) >= 11 is 3.46. The Balaban J connectivity index is 1.18. The van der Waals surface area contributed by atoms with Gasteiger partial charge in [0.25, 0.3) is 0 Å². The Bertz CT molecular complexity index is 913. The van der Waals surface area contributed by atoms with E-state index in [1.807, 2.05) is 0 Å². The van der Waals surface area contributed by atoms with Crippen molar-refractivity contribution in [3.05, 3.63) is 63.3 Å². The highest BCUT2D eigenvalue weighted by Crippen LogP contribution is 2.26. The van der Waals surface area contributed by atoms with Crippen LogP contribution in [0.4, 0.5) is 0 Å². The van der Waals surface area contributed by atoms with E-state index in [2.05, 4.69) is 69.2 Å². The van der Waals surface area contributed by atoms with Crippen molar-refractivity contribution in [2.45, 2.75) is 20.0 Å². The number of nitrogens with one attached hydrogen (secondary N) is 1. The predicted octanol–water partition coefficient (Wildman–Crippen LogP) is 3.61. The summed E-state index contributed by atoms with van der Waals surface area (Å²) < 4.78 is 0. The second kappa shape index (κ2) is 9.63. The molecular weight excluding hydrogens is 400 g/mol. The maximum Gasteiger partial charge on any atom is 0.234 e. The van der Waals surface area contributed by atoms with Gasteiger partial charge in [-0.05, 0) is 23.9 Å². The zero-order valence-electron chi connectivity index (χ0n) is 16.6. The Morgan fingerprint density at radius 3 is 2.55 bits per heavy atom. The SMILES string of the molecule is Cc1ccc(CNC(=O)CN2CCN(Cc3nc(-c4cccs4)cs3)CC2)cc1. The van der Waals surface area contributed by atoms with E-state index < -0.39 is 0 Å². The minimum Gasteiger partial charge on any atom is -0.351 e. The summed E-state index contributed by atoms with van der Waals surface area (Å²) in [6.07, 6.45) is 0. The van der Waals surface area contributed by atoms with Crippen LogP contribution in [0.2, 0.25) is 0 Å². The topological polar surface area (TPSA) is 48.5 Å². The second-order valence-electron chi connectivity index (χ2n) is 7.42. The molecule has 0 saturated carbocycles. The molecule has 1 saturated heterocycles. The van der Waals surface area contributed by atoms with Crippen LogP contribution in [-0.2, 0) is 17.9 Å². The van der Waals surface area contributed by atoms with E-state index in [9.17, 15) is 4.79 Å². The molecular formula is C22H26N4OS2. The third-order valence-electron chi connectivity index (χ3n) is 5.13. The molecule has 1 aliphatic heterocycles. The molecule has 4 rings (SSSR count). The number of thiazole rings is 1. The molecule has 152 valence electrons. The van der Waals surface area contributed by atoms with Crippen LogP contribution < -0.4 is 5.32 Å². The Kier molecular flexibility index (Phi) is 6.71. The lowest BCUT2D eigenvalue weighted by molar-refractivity contribution is -0.122. The number of aryl methyl sites for hydroxylation is 1. The van der Waals surface area contributed by atoms with Gasteiger partial charge in [0.05, 0.1) is 23.7 Å². The van der Waals surface area contributed by atoms with Gasteiger partial charge in [0.2, 0.25) is 5.91 Å². The van der Waals surface area contributed by atoms with Crippen LogP contribution >= 0.6 is 22.7 Å². The molecule has 1 N–H and O–H groups in total. The number of amides is 1. The van der Waals surface area contributed by atoms with Gasteiger partial charge in [0, 0.05) is 38.1 Å². The van der Waals surface area contributed by atoms with Gasteiger partial charge in [-0.25, -0.2) is 4.98 Å². The van der Waals surface area contributed by atoms with Gasteiger partial charge in [0.1, 0.15) is 5.01 Å². The average Bonchev–Trinajstić information content (AvgIpc) is 3.41. The second-order valence-corrected chi connectivity index (χ2v) is 9.31. The van der Waals surface area contributed by atoms with E-state index in [1.54, 1.807) is 22.7 Å². The number of hydrogen-bond acceptors (Lipinski definition) is 6. The van der Waals surface area contributed by atoms with E-state index >= 15 is 0 Å². The largest absolute Gasteiger partial charge is 0.351 e. The van der Waals surface area contributed by atoms with Gasteiger partial charge in [-0.15, -0.1) is 22.7 Å². The van der Waals surface area contributed by atoms with Crippen LogP contribution in [0, 0.1) is 6.92 Å². The van der Waals surface area contributed by atoms with Crippen LogP contribution in [-0.4, -0.2) is 53.4 Å². The molecule has 1 aliphatic rings. The number of rotatable bonds is 7. The van der Waals surface area contributed by atoms with Gasteiger partial charge in [-0.2, -0.15) is 0 Å². The number of benzene rings is 1. The molecule has 3 heterocycles. The first-order chi connectivity index (χ1) is 14.2. The number of nitrogens with zero attached hydrogens (tertiary/aromatic N) is 3. The molecule has 1 fully saturated rings. The summed E-state index contributed by atoms with van der Waals surface area (Å²) in [5.74, 6) is 0.0968. The third kappa shape index (κ3) is 5.73. The van der Waals surface area contributed by atoms with Gasteiger partial charge in [-0.1, -0.05) is 35.9 Å². The van der Waals surface area contributed by atoms with Crippen molar-refractivity contribution in [3.63, 3.8) is 0 Å². The van der Waals surface area contributed by atoms with E-state index in [4.69, 9.17) is 4.98 Å². The standard InChI is InChI=1S/C22H26N4OS2/c1-17-4-6-18(7-5-17)13-23-21(27)14-25-8-10-26(11-9-25)15-22-24-19(16-29-22)20-3-2-12-28-20/h2-7,12,16H,8-11,13-15H2,1H3,(H,23,27).